The summed E-state index contributed by atoms with van der Waals surface area (Å²) in [6.07, 6.45) is 2.04. The van der Waals surface area contributed by atoms with Crippen LogP contribution in [-0.4, -0.2) is 23.0 Å². The van der Waals surface area contributed by atoms with Crippen LogP contribution in [0.15, 0.2) is 41.1 Å². The normalized spacial score (nSPS) is 11.9. The highest BCUT2D eigenvalue weighted by Crippen LogP contribution is 2.27. The molecule has 0 unspecified atom stereocenters. The van der Waals surface area contributed by atoms with Crippen LogP contribution in [0.2, 0.25) is 0 Å². The molecule has 1 aromatic heterocycles. The maximum atomic E-state index is 12.5. The lowest BCUT2D eigenvalue weighted by atomic mass is 9.98. The topological polar surface area (TPSA) is 68.3 Å². The first kappa shape index (κ1) is 19.1. The van der Waals surface area contributed by atoms with Crippen LogP contribution in [0, 0.1) is 6.92 Å². The summed E-state index contributed by atoms with van der Waals surface area (Å²) in [5.41, 5.74) is 3.07. The van der Waals surface area contributed by atoms with Gasteiger partial charge < -0.3 is 10.1 Å². The molecule has 1 amide bonds. The van der Waals surface area contributed by atoms with Crippen molar-refractivity contribution in [1.82, 2.24) is 4.98 Å². The number of para-hydroxylation sites is 1. The summed E-state index contributed by atoms with van der Waals surface area (Å²) < 4.78 is 5.92. The molecule has 1 heterocycles. The second-order valence-corrected chi connectivity index (χ2v) is 7.04. The molecule has 0 saturated carbocycles. The number of rotatable bonds is 5. The number of nitrogens with one attached hydrogen (secondary N) is 1. The number of carbonyl (C=O) groups excluding carboxylic acids is 2. The van der Waals surface area contributed by atoms with Gasteiger partial charge in [-0.3, -0.25) is 9.78 Å². The molecular formula is C19H21BrN2O3. The predicted molar refractivity (Wildman–Crippen MR) is 101 cm³/mol. The average molecular weight is 405 g/mol. The number of hydrogen-bond donors (Lipinski definition) is 1. The number of hydrogen-bond acceptors (Lipinski definition) is 4. The smallest absolute Gasteiger partial charge is 0.340 e. The number of amides is 1. The summed E-state index contributed by atoms with van der Waals surface area (Å²) in [6.45, 7) is 7.61. The van der Waals surface area contributed by atoms with Gasteiger partial charge in [0, 0.05) is 22.6 Å². The lowest BCUT2D eigenvalue weighted by Crippen LogP contribution is -2.30. The molecule has 2 rings (SSSR count). The highest BCUT2D eigenvalue weighted by Gasteiger charge is 2.21. The van der Waals surface area contributed by atoms with E-state index in [2.05, 4.69) is 40.1 Å². The monoisotopic (exact) mass is 404 g/mol. The number of esters is 1. The minimum absolute atomic E-state index is 0.265. The average Bonchev–Trinajstić information content (AvgIpc) is 2.56. The predicted octanol–water partition coefficient (Wildman–Crippen LogP) is 4.46. The van der Waals surface area contributed by atoms with Crippen LogP contribution in [0.3, 0.4) is 0 Å². The van der Waals surface area contributed by atoms with Gasteiger partial charge >= 0.3 is 5.97 Å². The van der Waals surface area contributed by atoms with Crippen molar-refractivity contribution in [2.45, 2.75) is 39.7 Å². The molecule has 6 heteroatoms. The number of anilines is 1. The highest BCUT2D eigenvalue weighted by molar-refractivity contribution is 9.10. The molecule has 1 aromatic carbocycles. The van der Waals surface area contributed by atoms with Gasteiger partial charge in [-0.05, 0) is 52.9 Å². The minimum Gasteiger partial charge on any atom is -0.449 e. The Bertz CT molecular complexity index is 790. The van der Waals surface area contributed by atoms with E-state index in [0.717, 1.165) is 16.8 Å². The fourth-order valence-electron chi connectivity index (χ4n) is 2.37. The van der Waals surface area contributed by atoms with Crippen LogP contribution in [0.25, 0.3) is 0 Å². The standard InChI is InChI=1S/C19H21BrN2O3/c1-11(2)16-7-5-6-12(3)17(16)22-18(23)13(4)25-19(24)14-8-15(20)10-21-9-14/h5-11,13H,1-4H3,(H,22,23)/t13-/m0/s1. The number of aryl methyl sites for hydroxylation is 1. The molecule has 0 aliphatic carbocycles. The van der Waals surface area contributed by atoms with Gasteiger partial charge in [0.1, 0.15) is 0 Å². The van der Waals surface area contributed by atoms with Gasteiger partial charge in [0.05, 0.1) is 5.56 Å². The Labute approximate surface area is 155 Å². The molecule has 5 nitrogen and oxygen atoms in total. The third kappa shape index (κ3) is 4.89. The van der Waals surface area contributed by atoms with Gasteiger partial charge in [0.15, 0.2) is 6.10 Å². The van der Waals surface area contributed by atoms with Crippen molar-refractivity contribution < 1.29 is 14.3 Å². The molecule has 0 fully saturated rings. The van der Waals surface area contributed by atoms with Crippen LogP contribution in [-0.2, 0) is 9.53 Å². The Morgan fingerprint density at radius 3 is 2.56 bits per heavy atom. The molecule has 0 saturated heterocycles. The minimum atomic E-state index is -0.925. The Morgan fingerprint density at radius 1 is 1.20 bits per heavy atom. The molecule has 0 spiro atoms. The van der Waals surface area contributed by atoms with Crippen molar-refractivity contribution in [2.24, 2.45) is 0 Å². The molecule has 25 heavy (non-hydrogen) atoms. The first-order chi connectivity index (χ1) is 11.8. The summed E-state index contributed by atoms with van der Waals surface area (Å²) in [7, 11) is 0. The van der Waals surface area contributed by atoms with E-state index in [1.54, 1.807) is 19.2 Å². The van der Waals surface area contributed by atoms with E-state index in [4.69, 9.17) is 4.74 Å². The zero-order chi connectivity index (χ0) is 18.6. The van der Waals surface area contributed by atoms with E-state index in [0.29, 0.717) is 4.47 Å². The van der Waals surface area contributed by atoms with E-state index in [9.17, 15) is 9.59 Å². The van der Waals surface area contributed by atoms with Crippen LogP contribution in [0.4, 0.5) is 5.69 Å². The maximum absolute atomic E-state index is 12.5. The Hall–Kier alpha value is -2.21. The fourth-order valence-corrected chi connectivity index (χ4v) is 2.74. The third-order valence-electron chi connectivity index (χ3n) is 3.77. The van der Waals surface area contributed by atoms with Crippen molar-refractivity contribution >= 4 is 33.5 Å². The van der Waals surface area contributed by atoms with Gasteiger partial charge in [-0.25, -0.2) is 4.79 Å². The lowest BCUT2D eigenvalue weighted by molar-refractivity contribution is -0.123. The van der Waals surface area contributed by atoms with Gasteiger partial charge in [0.2, 0.25) is 0 Å². The van der Waals surface area contributed by atoms with Crippen molar-refractivity contribution in [3.63, 3.8) is 0 Å². The lowest BCUT2D eigenvalue weighted by Gasteiger charge is -2.19. The van der Waals surface area contributed by atoms with Crippen LogP contribution < -0.4 is 5.32 Å². The van der Waals surface area contributed by atoms with E-state index >= 15 is 0 Å². The SMILES string of the molecule is Cc1cccc(C(C)C)c1NC(=O)[C@H](C)OC(=O)c1cncc(Br)c1. The highest BCUT2D eigenvalue weighted by atomic mass is 79.9. The van der Waals surface area contributed by atoms with Gasteiger partial charge in [-0.1, -0.05) is 32.0 Å². The van der Waals surface area contributed by atoms with Crippen LogP contribution in [0.5, 0.6) is 0 Å². The van der Waals surface area contributed by atoms with Crippen LogP contribution >= 0.6 is 15.9 Å². The number of halogens is 1. The Balaban J connectivity index is 2.10. The third-order valence-corrected chi connectivity index (χ3v) is 4.20. The van der Waals surface area contributed by atoms with E-state index in [-0.39, 0.29) is 17.4 Å². The quantitative estimate of drug-likeness (QED) is 0.746. The molecular weight excluding hydrogens is 384 g/mol. The number of nitrogens with zero attached hydrogens (tertiary/aromatic N) is 1. The van der Waals surface area contributed by atoms with Gasteiger partial charge in [-0.2, -0.15) is 0 Å². The fraction of sp³-hybridized carbons (Fsp3) is 0.316. The number of aromatic nitrogens is 1. The number of ether oxygens (including phenoxy) is 1. The molecule has 1 atom stereocenters. The summed E-state index contributed by atoms with van der Waals surface area (Å²) >= 11 is 3.25. The summed E-state index contributed by atoms with van der Waals surface area (Å²) in [5.74, 6) is -0.696. The number of carbonyl (C=O) groups is 2. The van der Waals surface area contributed by atoms with Crippen LogP contribution in [0.1, 0.15) is 48.2 Å². The summed E-state index contributed by atoms with van der Waals surface area (Å²) in [5, 5.41) is 2.89. The molecule has 1 N–H and O–H groups in total. The van der Waals surface area contributed by atoms with E-state index < -0.39 is 12.1 Å². The molecule has 2 aromatic rings. The summed E-state index contributed by atoms with van der Waals surface area (Å²) in [4.78, 5) is 28.5. The van der Waals surface area contributed by atoms with Crippen molar-refractivity contribution in [2.75, 3.05) is 5.32 Å². The molecule has 132 valence electrons. The Kier molecular flexibility index (Phi) is 6.31. The van der Waals surface area contributed by atoms with Crippen molar-refractivity contribution in [3.8, 4) is 0 Å². The molecule has 0 aliphatic heterocycles. The molecule has 0 aliphatic rings. The van der Waals surface area contributed by atoms with Gasteiger partial charge in [0.25, 0.3) is 5.91 Å². The van der Waals surface area contributed by atoms with Gasteiger partial charge in [-0.15, -0.1) is 0 Å². The largest absolute Gasteiger partial charge is 0.449 e. The zero-order valence-electron chi connectivity index (χ0n) is 14.7. The van der Waals surface area contributed by atoms with E-state index in [1.807, 2.05) is 25.1 Å². The van der Waals surface area contributed by atoms with Crippen molar-refractivity contribution in [3.05, 3.63) is 57.8 Å². The number of pyridine rings is 1. The Morgan fingerprint density at radius 2 is 1.92 bits per heavy atom. The second kappa shape index (κ2) is 8.25. The zero-order valence-corrected chi connectivity index (χ0v) is 16.3. The molecule has 0 radical (unpaired) electrons. The van der Waals surface area contributed by atoms with E-state index in [1.165, 1.54) is 6.20 Å². The number of benzene rings is 1. The maximum Gasteiger partial charge on any atom is 0.340 e. The van der Waals surface area contributed by atoms with Crippen molar-refractivity contribution in [1.29, 1.82) is 0 Å². The second-order valence-electron chi connectivity index (χ2n) is 6.12. The molecule has 0 bridgehead atoms. The first-order valence-electron chi connectivity index (χ1n) is 8.01. The summed E-state index contributed by atoms with van der Waals surface area (Å²) in [6, 6.07) is 7.48. The first-order valence-corrected chi connectivity index (χ1v) is 8.80.